The minimum absolute atomic E-state index is 0.208. The summed E-state index contributed by atoms with van der Waals surface area (Å²) in [5, 5.41) is 3.68. The number of nitrogens with zero attached hydrogens (tertiary/aromatic N) is 1. The van der Waals surface area contributed by atoms with Gasteiger partial charge < -0.3 is 10.1 Å². The van der Waals surface area contributed by atoms with E-state index in [-0.39, 0.29) is 5.91 Å². The van der Waals surface area contributed by atoms with Crippen molar-refractivity contribution >= 4 is 33.4 Å². The first-order chi connectivity index (χ1) is 11.2. The Kier molecular flexibility index (Phi) is 4.34. The van der Waals surface area contributed by atoms with Crippen LogP contribution >= 0.6 is 11.3 Å². The molecular formula is C17H14N2O3S. The van der Waals surface area contributed by atoms with Crippen LogP contribution in [0, 0.1) is 0 Å². The molecule has 3 rings (SSSR count). The van der Waals surface area contributed by atoms with Crippen molar-refractivity contribution in [1.29, 1.82) is 0 Å². The Morgan fingerprint density at radius 1 is 1.09 bits per heavy atom. The van der Waals surface area contributed by atoms with Crippen LogP contribution in [0.5, 0.6) is 0 Å². The van der Waals surface area contributed by atoms with E-state index in [1.165, 1.54) is 7.11 Å². The summed E-state index contributed by atoms with van der Waals surface area (Å²) in [7, 11) is 1.32. The summed E-state index contributed by atoms with van der Waals surface area (Å²) in [5.74, 6) is -0.632. The Bertz CT molecular complexity index is 823. The molecule has 5 nitrogen and oxygen atoms in total. The molecule has 3 aromatic rings. The fourth-order valence-electron chi connectivity index (χ4n) is 2.13. The van der Waals surface area contributed by atoms with E-state index in [1.54, 1.807) is 35.6 Å². The maximum absolute atomic E-state index is 12.1. The summed E-state index contributed by atoms with van der Waals surface area (Å²) in [6, 6.07) is 14.2. The minimum Gasteiger partial charge on any atom is -0.465 e. The third-order valence-electron chi connectivity index (χ3n) is 3.31. The second-order valence-electron chi connectivity index (χ2n) is 4.83. The lowest BCUT2D eigenvalue weighted by Crippen LogP contribution is -2.22. The predicted octanol–water partition coefficient (Wildman–Crippen LogP) is 3.01. The molecule has 1 aromatic heterocycles. The average Bonchev–Trinajstić information content (AvgIpc) is 3.02. The number of nitrogens with one attached hydrogen (secondary N) is 1. The molecule has 1 amide bonds. The fourth-order valence-corrected chi connectivity index (χ4v) is 3.04. The predicted molar refractivity (Wildman–Crippen MR) is 88.6 cm³/mol. The highest BCUT2D eigenvalue weighted by Gasteiger charge is 2.10. The van der Waals surface area contributed by atoms with Crippen molar-refractivity contribution in [3.8, 4) is 0 Å². The van der Waals surface area contributed by atoms with E-state index in [9.17, 15) is 9.59 Å². The topological polar surface area (TPSA) is 68.3 Å². The molecule has 1 N–H and O–H groups in total. The first kappa shape index (κ1) is 15.2. The van der Waals surface area contributed by atoms with Gasteiger partial charge in [0.25, 0.3) is 5.91 Å². The number of carbonyl (C=O) groups is 2. The van der Waals surface area contributed by atoms with Crippen LogP contribution in [0.2, 0.25) is 0 Å². The van der Waals surface area contributed by atoms with Crippen molar-refractivity contribution in [2.75, 3.05) is 7.11 Å². The zero-order valence-corrected chi connectivity index (χ0v) is 13.2. The second kappa shape index (κ2) is 6.58. The number of benzene rings is 2. The molecule has 1 heterocycles. The van der Waals surface area contributed by atoms with Gasteiger partial charge in [-0.1, -0.05) is 12.1 Å². The van der Waals surface area contributed by atoms with E-state index in [0.29, 0.717) is 17.7 Å². The molecule has 0 fully saturated rings. The molecule has 23 heavy (non-hydrogen) atoms. The zero-order chi connectivity index (χ0) is 16.2. The molecule has 6 heteroatoms. The van der Waals surface area contributed by atoms with Gasteiger partial charge in [-0.2, -0.15) is 0 Å². The Labute approximate surface area is 136 Å². The number of para-hydroxylation sites is 1. The van der Waals surface area contributed by atoms with Crippen LogP contribution in [0.4, 0.5) is 0 Å². The summed E-state index contributed by atoms with van der Waals surface area (Å²) in [4.78, 5) is 28.0. The number of hydrogen-bond acceptors (Lipinski definition) is 5. The van der Waals surface area contributed by atoms with Gasteiger partial charge in [0.1, 0.15) is 5.01 Å². The van der Waals surface area contributed by atoms with Crippen molar-refractivity contribution < 1.29 is 14.3 Å². The van der Waals surface area contributed by atoms with Crippen LogP contribution in [-0.4, -0.2) is 24.0 Å². The highest BCUT2D eigenvalue weighted by atomic mass is 32.1. The number of amides is 1. The van der Waals surface area contributed by atoms with Crippen LogP contribution in [-0.2, 0) is 11.3 Å². The molecule has 116 valence electrons. The number of rotatable bonds is 4. The molecule has 0 aliphatic carbocycles. The maximum atomic E-state index is 12.1. The number of methoxy groups -OCH3 is 1. The largest absolute Gasteiger partial charge is 0.465 e. The summed E-state index contributed by atoms with van der Waals surface area (Å²) >= 11 is 1.56. The van der Waals surface area contributed by atoms with Crippen molar-refractivity contribution in [3.05, 3.63) is 64.7 Å². The molecule has 0 radical (unpaired) electrons. The molecule has 0 bridgehead atoms. The van der Waals surface area contributed by atoms with E-state index < -0.39 is 5.97 Å². The lowest BCUT2D eigenvalue weighted by atomic mass is 10.1. The average molecular weight is 326 g/mol. The quantitative estimate of drug-likeness (QED) is 0.748. The van der Waals surface area contributed by atoms with E-state index in [1.807, 2.05) is 24.3 Å². The number of esters is 1. The summed E-state index contributed by atoms with van der Waals surface area (Å²) in [6.07, 6.45) is 0. The Morgan fingerprint density at radius 3 is 2.48 bits per heavy atom. The van der Waals surface area contributed by atoms with E-state index >= 15 is 0 Å². The van der Waals surface area contributed by atoms with Gasteiger partial charge >= 0.3 is 5.97 Å². The van der Waals surface area contributed by atoms with Gasteiger partial charge in [-0.3, -0.25) is 4.79 Å². The first-order valence-electron chi connectivity index (χ1n) is 6.98. The molecule has 0 aliphatic heterocycles. The van der Waals surface area contributed by atoms with Crippen LogP contribution < -0.4 is 5.32 Å². The second-order valence-corrected chi connectivity index (χ2v) is 5.94. The lowest BCUT2D eigenvalue weighted by Gasteiger charge is -2.04. The monoisotopic (exact) mass is 326 g/mol. The highest BCUT2D eigenvalue weighted by Crippen LogP contribution is 2.21. The normalized spacial score (nSPS) is 10.5. The fraction of sp³-hybridized carbons (Fsp3) is 0.118. The van der Waals surface area contributed by atoms with Crippen molar-refractivity contribution in [1.82, 2.24) is 10.3 Å². The van der Waals surface area contributed by atoms with Crippen molar-refractivity contribution in [3.63, 3.8) is 0 Å². The van der Waals surface area contributed by atoms with Gasteiger partial charge in [-0.25, -0.2) is 9.78 Å². The van der Waals surface area contributed by atoms with Crippen LogP contribution in [0.3, 0.4) is 0 Å². The third kappa shape index (κ3) is 3.37. The summed E-state index contributed by atoms with van der Waals surface area (Å²) in [6.45, 7) is 0.372. The van der Waals surface area contributed by atoms with Crippen LogP contribution in [0.25, 0.3) is 10.2 Å². The third-order valence-corrected chi connectivity index (χ3v) is 4.34. The van der Waals surface area contributed by atoms with Gasteiger partial charge in [0.15, 0.2) is 0 Å². The maximum Gasteiger partial charge on any atom is 0.337 e. The van der Waals surface area contributed by atoms with Crippen molar-refractivity contribution in [2.45, 2.75) is 6.54 Å². The summed E-state index contributed by atoms with van der Waals surface area (Å²) < 4.78 is 5.72. The Hall–Kier alpha value is -2.73. The number of hydrogen-bond donors (Lipinski definition) is 1. The molecule has 0 atom stereocenters. The van der Waals surface area contributed by atoms with Gasteiger partial charge in [0.2, 0.25) is 0 Å². The van der Waals surface area contributed by atoms with Gasteiger partial charge in [-0.15, -0.1) is 11.3 Å². The molecular weight excluding hydrogens is 312 g/mol. The number of thiazole rings is 1. The molecule has 2 aromatic carbocycles. The van der Waals surface area contributed by atoms with E-state index in [0.717, 1.165) is 15.2 Å². The molecule has 0 saturated carbocycles. The number of fused-ring (bicyclic) bond motifs is 1. The number of ether oxygens (including phenoxy) is 1. The van der Waals surface area contributed by atoms with E-state index in [4.69, 9.17) is 0 Å². The standard InChI is InChI=1S/C17H14N2O3S/c1-22-17(21)12-8-6-11(7-9-12)16(20)18-10-15-19-13-4-2-3-5-14(13)23-15/h2-9H,10H2,1H3,(H,18,20). The SMILES string of the molecule is COC(=O)c1ccc(C(=O)NCc2nc3ccccc3s2)cc1. The van der Waals surface area contributed by atoms with Gasteiger partial charge in [-0.05, 0) is 36.4 Å². The molecule has 0 unspecified atom stereocenters. The van der Waals surface area contributed by atoms with E-state index in [2.05, 4.69) is 15.0 Å². The lowest BCUT2D eigenvalue weighted by molar-refractivity contribution is 0.0600. The van der Waals surface area contributed by atoms with Crippen LogP contribution in [0.1, 0.15) is 25.7 Å². The van der Waals surface area contributed by atoms with Gasteiger partial charge in [0.05, 0.1) is 29.4 Å². The Morgan fingerprint density at radius 2 is 1.78 bits per heavy atom. The van der Waals surface area contributed by atoms with Gasteiger partial charge in [0, 0.05) is 5.56 Å². The molecule has 0 spiro atoms. The number of aromatic nitrogens is 1. The highest BCUT2D eigenvalue weighted by molar-refractivity contribution is 7.18. The smallest absolute Gasteiger partial charge is 0.337 e. The molecule has 0 aliphatic rings. The van der Waals surface area contributed by atoms with Crippen LogP contribution in [0.15, 0.2) is 48.5 Å². The Balaban J connectivity index is 1.65. The number of carbonyl (C=O) groups excluding carboxylic acids is 2. The van der Waals surface area contributed by atoms with Crippen molar-refractivity contribution in [2.24, 2.45) is 0 Å². The summed E-state index contributed by atoms with van der Waals surface area (Å²) in [5.41, 5.74) is 1.83. The first-order valence-corrected chi connectivity index (χ1v) is 7.80. The molecule has 0 saturated heterocycles. The minimum atomic E-state index is -0.425. The zero-order valence-electron chi connectivity index (χ0n) is 12.4.